The van der Waals surface area contributed by atoms with Crippen LogP contribution in [0.15, 0.2) is 52.6 Å². The zero-order valence-electron chi connectivity index (χ0n) is 19.9. The van der Waals surface area contributed by atoms with Crippen molar-refractivity contribution in [1.29, 1.82) is 0 Å². The number of rotatable bonds is 12. The summed E-state index contributed by atoms with van der Waals surface area (Å²) in [6.07, 6.45) is 6.74. The number of thioether (sulfide) groups is 1. The molecule has 3 heterocycles. The third kappa shape index (κ3) is 6.95. The third-order valence-electron chi connectivity index (χ3n) is 6.78. The first-order chi connectivity index (χ1) is 17.0. The Morgan fingerprint density at radius 2 is 2.20 bits per heavy atom. The average molecular weight is 502 g/mol. The Labute approximate surface area is 209 Å². The minimum atomic E-state index is -1.14. The van der Waals surface area contributed by atoms with Crippen LogP contribution in [0.3, 0.4) is 0 Å². The maximum Gasteiger partial charge on any atom is 0.303 e. The number of alkyl halides is 1. The molecular formula is C26H32FN3O4S. The molecule has 1 fully saturated rings. The van der Waals surface area contributed by atoms with E-state index >= 15 is 4.39 Å². The average Bonchev–Trinajstić information content (AvgIpc) is 3.38. The van der Waals surface area contributed by atoms with Crippen molar-refractivity contribution >= 4 is 28.6 Å². The molecule has 3 atom stereocenters. The van der Waals surface area contributed by atoms with Crippen LogP contribution < -0.4 is 4.74 Å². The van der Waals surface area contributed by atoms with Gasteiger partial charge in [0.2, 0.25) is 0 Å². The number of piperidine rings is 1. The summed E-state index contributed by atoms with van der Waals surface area (Å²) in [4.78, 5) is 22.3. The molecule has 1 unspecified atom stereocenters. The predicted octanol–water partition coefficient (Wildman–Crippen LogP) is 5.62. The van der Waals surface area contributed by atoms with E-state index in [1.54, 1.807) is 43.6 Å². The molecule has 3 aromatic rings. The van der Waals surface area contributed by atoms with Crippen molar-refractivity contribution in [3.63, 3.8) is 0 Å². The number of ether oxygens (including phenoxy) is 1. The summed E-state index contributed by atoms with van der Waals surface area (Å²) >= 11 is 1.59. The summed E-state index contributed by atoms with van der Waals surface area (Å²) in [5.74, 6) is 1.02. The molecule has 0 saturated carbocycles. The molecule has 7 nitrogen and oxygen atoms in total. The first kappa shape index (κ1) is 25.4. The number of carboxylic acids is 1. The van der Waals surface area contributed by atoms with Gasteiger partial charge in [0, 0.05) is 30.3 Å². The molecule has 4 rings (SSSR count). The van der Waals surface area contributed by atoms with E-state index < -0.39 is 12.1 Å². The van der Waals surface area contributed by atoms with Crippen molar-refractivity contribution in [2.24, 2.45) is 11.8 Å². The van der Waals surface area contributed by atoms with Gasteiger partial charge >= 0.3 is 5.97 Å². The summed E-state index contributed by atoms with van der Waals surface area (Å²) in [6, 6.07) is 7.23. The molecule has 188 valence electrons. The fourth-order valence-electron chi connectivity index (χ4n) is 4.99. The molecule has 0 radical (unpaired) electrons. The van der Waals surface area contributed by atoms with Gasteiger partial charge in [-0.25, -0.2) is 9.37 Å². The van der Waals surface area contributed by atoms with E-state index in [4.69, 9.17) is 9.15 Å². The normalized spacial score (nSPS) is 19.6. The molecule has 2 aromatic heterocycles. The number of aliphatic carboxylic acids is 1. The van der Waals surface area contributed by atoms with E-state index in [1.165, 1.54) is 0 Å². The highest BCUT2D eigenvalue weighted by Crippen LogP contribution is 2.36. The number of likely N-dealkylation sites (tertiary alicyclic amines) is 1. The number of methoxy groups -OCH3 is 1. The Kier molecular flexibility index (Phi) is 8.98. The number of hydrogen-bond donors (Lipinski definition) is 1. The number of fused-ring (bicyclic) bond motifs is 1. The number of pyridine rings is 1. The molecule has 1 saturated heterocycles. The number of hydrogen-bond acceptors (Lipinski definition) is 7. The second-order valence-corrected chi connectivity index (χ2v) is 10.1. The minimum Gasteiger partial charge on any atom is -0.497 e. The molecule has 1 aliphatic rings. The van der Waals surface area contributed by atoms with Crippen LogP contribution in [0.1, 0.15) is 43.8 Å². The van der Waals surface area contributed by atoms with Gasteiger partial charge in [-0.3, -0.25) is 9.78 Å². The standard InChI is InChI=1S/C26H32FN3O4S/c1-33-20-4-6-24-22(16-20)21(7-9-28-24)23(27)5-3-18-8-12-30(17-19(18)15-25(31)32)11-2-14-35-26-29-10-13-34-26/h4,6-7,9-10,13,16,18-19,23H,2-3,5,8,11-12,14-15,17H2,1H3,(H,31,32)/t18-,19+,23?/m1/s1. The van der Waals surface area contributed by atoms with Crippen molar-refractivity contribution in [1.82, 2.24) is 14.9 Å². The van der Waals surface area contributed by atoms with Crippen LogP contribution in [0, 0.1) is 11.8 Å². The molecular weight excluding hydrogens is 469 g/mol. The lowest BCUT2D eigenvalue weighted by molar-refractivity contribution is -0.139. The van der Waals surface area contributed by atoms with Gasteiger partial charge < -0.3 is 19.2 Å². The third-order valence-corrected chi connectivity index (χ3v) is 7.72. The Morgan fingerprint density at radius 1 is 1.31 bits per heavy atom. The molecule has 0 spiro atoms. The second kappa shape index (κ2) is 12.4. The summed E-state index contributed by atoms with van der Waals surface area (Å²) in [5, 5.41) is 10.9. The van der Waals surface area contributed by atoms with Crippen LogP contribution in [0.25, 0.3) is 10.9 Å². The first-order valence-corrected chi connectivity index (χ1v) is 13.0. The molecule has 1 aromatic carbocycles. The molecule has 35 heavy (non-hydrogen) atoms. The zero-order valence-corrected chi connectivity index (χ0v) is 20.8. The van der Waals surface area contributed by atoms with Crippen molar-refractivity contribution < 1.29 is 23.4 Å². The highest BCUT2D eigenvalue weighted by atomic mass is 32.2. The molecule has 9 heteroatoms. The molecule has 0 aliphatic carbocycles. The number of nitrogens with zero attached hydrogens (tertiary/aromatic N) is 3. The SMILES string of the molecule is COc1ccc2nccc(C(F)CC[C@@H]3CCN(CCCSc4ncco4)C[C@@H]3CC(=O)O)c2c1. The van der Waals surface area contributed by atoms with Crippen molar-refractivity contribution in [2.75, 3.05) is 32.5 Å². The van der Waals surface area contributed by atoms with Crippen molar-refractivity contribution in [2.45, 2.75) is 43.5 Å². The van der Waals surface area contributed by atoms with Crippen LogP contribution in [-0.2, 0) is 4.79 Å². The fourth-order valence-corrected chi connectivity index (χ4v) is 5.69. The molecule has 1 aliphatic heterocycles. The number of carbonyl (C=O) groups is 1. The van der Waals surface area contributed by atoms with Gasteiger partial charge in [-0.2, -0.15) is 0 Å². The highest BCUT2D eigenvalue weighted by molar-refractivity contribution is 7.99. The number of benzene rings is 1. The zero-order chi connectivity index (χ0) is 24.6. The van der Waals surface area contributed by atoms with Gasteiger partial charge in [0.05, 0.1) is 18.8 Å². The maximum atomic E-state index is 15.4. The van der Waals surface area contributed by atoms with Gasteiger partial charge in [-0.15, -0.1) is 0 Å². The maximum absolute atomic E-state index is 15.4. The van der Waals surface area contributed by atoms with Crippen LogP contribution in [-0.4, -0.2) is 58.4 Å². The largest absolute Gasteiger partial charge is 0.497 e. The lowest BCUT2D eigenvalue weighted by Crippen LogP contribution is -2.42. The van der Waals surface area contributed by atoms with Crippen molar-refractivity contribution in [3.8, 4) is 5.75 Å². The number of oxazole rings is 1. The Bertz CT molecular complexity index is 1100. The van der Waals surface area contributed by atoms with Gasteiger partial charge in [0.25, 0.3) is 5.22 Å². The quantitative estimate of drug-likeness (QED) is 0.253. The van der Waals surface area contributed by atoms with E-state index in [-0.39, 0.29) is 18.3 Å². The van der Waals surface area contributed by atoms with Crippen LogP contribution >= 0.6 is 11.8 Å². The number of carboxylic acid groups (broad SMARTS) is 1. The summed E-state index contributed by atoms with van der Waals surface area (Å²) in [7, 11) is 1.59. The summed E-state index contributed by atoms with van der Waals surface area (Å²) < 4.78 is 26.0. The van der Waals surface area contributed by atoms with Crippen LogP contribution in [0.2, 0.25) is 0 Å². The Morgan fingerprint density at radius 3 is 2.97 bits per heavy atom. The van der Waals surface area contributed by atoms with E-state index in [0.29, 0.717) is 29.4 Å². The lowest BCUT2D eigenvalue weighted by atomic mass is 9.79. The fraction of sp³-hybridized carbons (Fsp3) is 0.500. The monoisotopic (exact) mass is 501 g/mol. The van der Waals surface area contributed by atoms with Crippen LogP contribution in [0.4, 0.5) is 4.39 Å². The summed E-state index contributed by atoms with van der Waals surface area (Å²) in [6.45, 7) is 2.57. The minimum absolute atomic E-state index is 0.0297. The number of halogens is 1. The van der Waals surface area contributed by atoms with E-state index in [2.05, 4.69) is 14.9 Å². The van der Waals surface area contributed by atoms with Crippen LogP contribution in [0.5, 0.6) is 5.75 Å². The first-order valence-electron chi connectivity index (χ1n) is 12.1. The number of aromatic nitrogens is 2. The van der Waals surface area contributed by atoms with Gasteiger partial charge in [0.1, 0.15) is 18.2 Å². The smallest absolute Gasteiger partial charge is 0.303 e. The predicted molar refractivity (Wildman–Crippen MR) is 134 cm³/mol. The van der Waals surface area contributed by atoms with Gasteiger partial charge in [-0.1, -0.05) is 11.8 Å². The topological polar surface area (TPSA) is 88.7 Å². The van der Waals surface area contributed by atoms with E-state index in [0.717, 1.165) is 49.1 Å². The van der Waals surface area contributed by atoms with E-state index in [1.807, 2.05) is 18.2 Å². The second-order valence-electron chi connectivity index (χ2n) is 9.04. The van der Waals surface area contributed by atoms with E-state index in [9.17, 15) is 9.90 Å². The summed E-state index contributed by atoms with van der Waals surface area (Å²) in [5.41, 5.74) is 1.36. The lowest BCUT2D eigenvalue weighted by Gasteiger charge is -2.38. The molecule has 1 N–H and O–H groups in total. The Hall–Kier alpha value is -2.65. The van der Waals surface area contributed by atoms with Gasteiger partial charge in [-0.05, 0) is 80.4 Å². The highest BCUT2D eigenvalue weighted by Gasteiger charge is 2.31. The molecule has 0 amide bonds. The Balaban J connectivity index is 1.32. The van der Waals surface area contributed by atoms with Crippen molar-refractivity contribution in [3.05, 3.63) is 48.5 Å². The molecule has 0 bridgehead atoms. The van der Waals surface area contributed by atoms with Gasteiger partial charge in [0.15, 0.2) is 0 Å².